The number of hydrogen-bond acceptors (Lipinski definition) is 6. The molecule has 0 aromatic heterocycles. The highest BCUT2D eigenvalue weighted by molar-refractivity contribution is 5.75. The Bertz CT molecular complexity index is 576. The summed E-state index contributed by atoms with van der Waals surface area (Å²) >= 11 is 0. The van der Waals surface area contributed by atoms with Gasteiger partial charge in [-0.25, -0.2) is 0 Å². The number of benzene rings is 1. The van der Waals surface area contributed by atoms with Crippen LogP contribution >= 0.6 is 0 Å². The summed E-state index contributed by atoms with van der Waals surface area (Å²) in [7, 11) is 1.35. The zero-order chi connectivity index (χ0) is 19.7. The third kappa shape index (κ3) is 5.53. The maximum Gasteiger partial charge on any atom is 0.322 e. The minimum absolute atomic E-state index is 0.113. The number of rotatable bonds is 11. The Balaban J connectivity index is 3.19. The van der Waals surface area contributed by atoms with Crippen molar-refractivity contribution in [1.29, 1.82) is 0 Å². The van der Waals surface area contributed by atoms with Crippen molar-refractivity contribution in [3.8, 4) is 17.2 Å². The van der Waals surface area contributed by atoms with Gasteiger partial charge in [0.1, 0.15) is 6.04 Å². The summed E-state index contributed by atoms with van der Waals surface area (Å²) in [5.74, 6) is 1.87. The van der Waals surface area contributed by atoms with Gasteiger partial charge in [0.2, 0.25) is 5.75 Å². The van der Waals surface area contributed by atoms with E-state index in [0.29, 0.717) is 43.5 Å². The fraction of sp³-hybridized carbons (Fsp3) is 0.650. The minimum Gasteiger partial charge on any atom is -0.490 e. The van der Waals surface area contributed by atoms with Crippen LogP contribution in [-0.2, 0) is 9.53 Å². The van der Waals surface area contributed by atoms with Crippen LogP contribution in [-0.4, -0.2) is 38.9 Å². The molecule has 6 nitrogen and oxygen atoms in total. The van der Waals surface area contributed by atoms with Crippen molar-refractivity contribution in [2.45, 2.75) is 53.0 Å². The van der Waals surface area contributed by atoms with E-state index >= 15 is 0 Å². The molecular formula is C20H33NO5. The molecule has 0 heterocycles. The van der Waals surface area contributed by atoms with E-state index in [0.717, 1.165) is 5.56 Å². The molecule has 0 spiro atoms. The molecule has 3 unspecified atom stereocenters. The van der Waals surface area contributed by atoms with Crippen molar-refractivity contribution in [2.75, 3.05) is 26.9 Å². The van der Waals surface area contributed by atoms with Crippen LogP contribution in [0, 0.1) is 5.92 Å². The molecule has 1 aromatic rings. The summed E-state index contributed by atoms with van der Waals surface area (Å²) in [6.07, 6.45) is 0.524. The Morgan fingerprint density at radius 3 is 2.12 bits per heavy atom. The van der Waals surface area contributed by atoms with E-state index in [-0.39, 0.29) is 11.8 Å². The first-order valence-electron chi connectivity index (χ1n) is 9.29. The summed E-state index contributed by atoms with van der Waals surface area (Å²) in [4.78, 5) is 11.6. The summed E-state index contributed by atoms with van der Waals surface area (Å²) in [5, 5.41) is 0. The Labute approximate surface area is 156 Å². The summed E-state index contributed by atoms with van der Waals surface area (Å²) < 4.78 is 22.2. The lowest BCUT2D eigenvalue weighted by Gasteiger charge is -2.26. The molecule has 0 radical (unpaired) electrons. The second kappa shape index (κ2) is 10.9. The van der Waals surface area contributed by atoms with Gasteiger partial charge >= 0.3 is 5.97 Å². The molecule has 0 aliphatic heterocycles. The number of esters is 1. The van der Waals surface area contributed by atoms with Gasteiger partial charge in [-0.1, -0.05) is 19.9 Å². The lowest BCUT2D eigenvalue weighted by atomic mass is 9.84. The molecule has 0 saturated carbocycles. The maximum atomic E-state index is 11.6. The van der Waals surface area contributed by atoms with Crippen LogP contribution in [0.2, 0.25) is 0 Å². The fourth-order valence-corrected chi connectivity index (χ4v) is 2.92. The maximum absolute atomic E-state index is 11.6. The van der Waals surface area contributed by atoms with Crippen molar-refractivity contribution >= 4 is 5.97 Å². The third-order valence-corrected chi connectivity index (χ3v) is 4.46. The molecule has 0 bridgehead atoms. The number of hydrogen-bond donors (Lipinski definition) is 1. The van der Waals surface area contributed by atoms with Gasteiger partial charge in [0.15, 0.2) is 11.5 Å². The average Bonchev–Trinajstić information content (AvgIpc) is 2.63. The molecule has 0 aliphatic carbocycles. The first-order valence-corrected chi connectivity index (χ1v) is 9.29. The molecule has 148 valence electrons. The number of ether oxygens (including phenoxy) is 4. The van der Waals surface area contributed by atoms with Crippen LogP contribution in [0.3, 0.4) is 0 Å². The van der Waals surface area contributed by atoms with Gasteiger partial charge in [-0.05, 0) is 45.1 Å². The number of carbonyl (C=O) groups is 1. The summed E-state index contributed by atoms with van der Waals surface area (Å²) in [5.41, 5.74) is 6.95. The van der Waals surface area contributed by atoms with Crippen molar-refractivity contribution in [2.24, 2.45) is 11.7 Å². The Kier molecular flexibility index (Phi) is 9.27. The van der Waals surface area contributed by atoms with Gasteiger partial charge < -0.3 is 24.7 Å². The van der Waals surface area contributed by atoms with Crippen molar-refractivity contribution in [3.05, 3.63) is 17.7 Å². The largest absolute Gasteiger partial charge is 0.490 e. The van der Waals surface area contributed by atoms with Crippen molar-refractivity contribution < 1.29 is 23.7 Å². The first-order chi connectivity index (χ1) is 12.4. The van der Waals surface area contributed by atoms with Crippen LogP contribution in [0.25, 0.3) is 0 Å². The molecule has 0 saturated heterocycles. The molecule has 26 heavy (non-hydrogen) atoms. The van der Waals surface area contributed by atoms with E-state index in [9.17, 15) is 4.79 Å². The van der Waals surface area contributed by atoms with E-state index in [1.165, 1.54) is 7.11 Å². The van der Waals surface area contributed by atoms with Gasteiger partial charge in [0, 0.05) is 5.56 Å². The monoisotopic (exact) mass is 367 g/mol. The van der Waals surface area contributed by atoms with E-state index in [1.54, 1.807) is 0 Å². The van der Waals surface area contributed by atoms with Crippen LogP contribution in [0.4, 0.5) is 0 Å². The first kappa shape index (κ1) is 22.1. The standard InChI is InChI=1S/C20H33NO5/c1-7-24-17-11-10-15(18(25-8-2)19(17)26-9-3)14(5)13(4)12-16(21)20(22)23-6/h10-11,13-14,16H,7-9,12,21H2,1-6H3. The smallest absolute Gasteiger partial charge is 0.322 e. The fourth-order valence-electron chi connectivity index (χ4n) is 2.92. The topological polar surface area (TPSA) is 80.0 Å². The zero-order valence-corrected chi connectivity index (χ0v) is 16.8. The molecule has 0 fully saturated rings. The molecule has 0 aliphatic rings. The van der Waals surface area contributed by atoms with Crippen molar-refractivity contribution in [3.63, 3.8) is 0 Å². The predicted molar refractivity (Wildman–Crippen MR) is 102 cm³/mol. The minimum atomic E-state index is -0.637. The Hall–Kier alpha value is -1.95. The van der Waals surface area contributed by atoms with Crippen LogP contribution in [0.5, 0.6) is 17.2 Å². The van der Waals surface area contributed by atoms with E-state index in [2.05, 4.69) is 13.8 Å². The van der Waals surface area contributed by atoms with E-state index in [1.807, 2.05) is 32.9 Å². The normalized spacial score (nSPS) is 14.3. The van der Waals surface area contributed by atoms with Gasteiger partial charge in [-0.15, -0.1) is 0 Å². The molecule has 0 amide bonds. The van der Waals surface area contributed by atoms with Crippen LogP contribution in [0.1, 0.15) is 52.5 Å². The van der Waals surface area contributed by atoms with Gasteiger partial charge in [0.25, 0.3) is 0 Å². The predicted octanol–water partition coefficient (Wildman–Crippen LogP) is 3.51. The highest BCUT2D eigenvalue weighted by Crippen LogP contribution is 2.45. The van der Waals surface area contributed by atoms with E-state index in [4.69, 9.17) is 24.7 Å². The molecular weight excluding hydrogens is 334 g/mol. The van der Waals surface area contributed by atoms with Crippen molar-refractivity contribution in [1.82, 2.24) is 0 Å². The molecule has 1 aromatic carbocycles. The SMILES string of the molecule is CCOc1ccc(C(C)C(C)CC(N)C(=O)OC)c(OCC)c1OCC. The van der Waals surface area contributed by atoms with Gasteiger partial charge in [-0.3, -0.25) is 4.79 Å². The number of carbonyl (C=O) groups excluding carboxylic acids is 1. The highest BCUT2D eigenvalue weighted by atomic mass is 16.5. The Morgan fingerprint density at radius 2 is 1.58 bits per heavy atom. The zero-order valence-electron chi connectivity index (χ0n) is 16.8. The average molecular weight is 367 g/mol. The van der Waals surface area contributed by atoms with Crippen LogP contribution < -0.4 is 19.9 Å². The lowest BCUT2D eigenvalue weighted by Crippen LogP contribution is -2.34. The molecule has 2 N–H and O–H groups in total. The van der Waals surface area contributed by atoms with Gasteiger partial charge in [0.05, 0.1) is 26.9 Å². The number of methoxy groups -OCH3 is 1. The second-order valence-corrected chi connectivity index (χ2v) is 6.24. The van der Waals surface area contributed by atoms with E-state index < -0.39 is 12.0 Å². The molecule has 3 atom stereocenters. The summed E-state index contributed by atoms with van der Waals surface area (Å²) in [6.45, 7) is 11.6. The van der Waals surface area contributed by atoms with Crippen LogP contribution in [0.15, 0.2) is 12.1 Å². The third-order valence-electron chi connectivity index (χ3n) is 4.46. The Morgan fingerprint density at radius 1 is 1.00 bits per heavy atom. The summed E-state index contributed by atoms with van der Waals surface area (Å²) in [6, 6.07) is 3.28. The number of nitrogens with two attached hydrogens (primary N) is 1. The molecule has 1 rings (SSSR count). The lowest BCUT2D eigenvalue weighted by molar-refractivity contribution is -0.142. The molecule has 6 heteroatoms. The highest BCUT2D eigenvalue weighted by Gasteiger charge is 2.27. The quantitative estimate of drug-likeness (QED) is 0.603. The second-order valence-electron chi connectivity index (χ2n) is 6.24. The van der Waals surface area contributed by atoms with Gasteiger partial charge in [-0.2, -0.15) is 0 Å².